The van der Waals surface area contributed by atoms with Crippen LogP contribution in [0.3, 0.4) is 0 Å². The van der Waals surface area contributed by atoms with E-state index in [1.165, 1.54) is 6.07 Å². The van der Waals surface area contributed by atoms with Gasteiger partial charge in [-0.25, -0.2) is 14.4 Å². The molecule has 0 unspecified atom stereocenters. The summed E-state index contributed by atoms with van der Waals surface area (Å²) in [5, 5.41) is 0. The van der Waals surface area contributed by atoms with E-state index in [1.807, 2.05) is 29.7 Å². The summed E-state index contributed by atoms with van der Waals surface area (Å²) in [5.74, 6) is 1.20. The van der Waals surface area contributed by atoms with Crippen molar-refractivity contribution in [1.82, 2.24) is 14.5 Å². The van der Waals surface area contributed by atoms with Crippen molar-refractivity contribution in [2.45, 2.75) is 6.92 Å². The molecule has 29 heavy (non-hydrogen) atoms. The number of aliphatic imine (C=N–C) groups is 1. The van der Waals surface area contributed by atoms with Crippen molar-refractivity contribution in [2.24, 2.45) is 4.99 Å². The van der Waals surface area contributed by atoms with Gasteiger partial charge in [0, 0.05) is 36.7 Å². The topological polar surface area (TPSA) is 55.5 Å². The number of nitrogens with zero attached hydrogens (tertiary/aromatic N) is 5. The first kappa shape index (κ1) is 19.0. The molecule has 0 radical (unpaired) electrons. The van der Waals surface area contributed by atoms with Crippen LogP contribution in [0.15, 0.2) is 53.8 Å². The summed E-state index contributed by atoms with van der Waals surface area (Å²) in [6.07, 6.45) is 5.12. The molecular formula is C22H22FN5O. The maximum absolute atomic E-state index is 14.6. The molecule has 4 rings (SSSR count). The van der Waals surface area contributed by atoms with Gasteiger partial charge in [0.15, 0.2) is 0 Å². The summed E-state index contributed by atoms with van der Waals surface area (Å²) >= 11 is 0. The molecule has 0 atom stereocenters. The number of pyridine rings is 1. The summed E-state index contributed by atoms with van der Waals surface area (Å²) in [5.41, 5.74) is 2.76. The monoisotopic (exact) mass is 391 g/mol. The van der Waals surface area contributed by atoms with Gasteiger partial charge in [0.25, 0.3) is 0 Å². The van der Waals surface area contributed by atoms with E-state index in [2.05, 4.69) is 21.6 Å². The predicted molar refractivity (Wildman–Crippen MR) is 113 cm³/mol. The number of rotatable bonds is 5. The zero-order valence-electron chi connectivity index (χ0n) is 16.3. The summed E-state index contributed by atoms with van der Waals surface area (Å²) in [7, 11) is 0. The van der Waals surface area contributed by atoms with Crippen molar-refractivity contribution in [3.8, 4) is 17.1 Å². The number of hydrogen-bond donors (Lipinski definition) is 0. The molecule has 1 aromatic carbocycles. The van der Waals surface area contributed by atoms with Crippen LogP contribution in [0.5, 0.6) is 0 Å². The Hall–Kier alpha value is -3.32. The number of imidazole rings is 1. The highest BCUT2D eigenvalue weighted by Crippen LogP contribution is 2.29. The minimum Gasteiger partial charge on any atom is -0.378 e. The van der Waals surface area contributed by atoms with Crippen LogP contribution >= 0.6 is 0 Å². The van der Waals surface area contributed by atoms with E-state index in [9.17, 15) is 4.39 Å². The molecule has 7 heteroatoms. The summed E-state index contributed by atoms with van der Waals surface area (Å²) in [4.78, 5) is 15.3. The molecule has 1 saturated heterocycles. The zero-order chi connectivity index (χ0) is 20.2. The van der Waals surface area contributed by atoms with Crippen LogP contribution in [0.25, 0.3) is 23.2 Å². The number of para-hydroxylation sites is 1. The Kier molecular flexibility index (Phi) is 5.48. The van der Waals surface area contributed by atoms with E-state index in [0.717, 1.165) is 30.2 Å². The standard InChI is InChI=1S/C22H22FN5O/c1-16-19(9-10-24-2)26-22(28(16)20-6-4-3-5-18(20)23)17-7-8-21(25-15-17)27-11-13-29-14-12-27/h3-10,15H,2,11-14H2,1H3/b10-9-. The number of aromatic nitrogens is 3. The Morgan fingerprint density at radius 1 is 1.17 bits per heavy atom. The van der Waals surface area contributed by atoms with Crippen molar-refractivity contribution < 1.29 is 9.13 Å². The van der Waals surface area contributed by atoms with Crippen LogP contribution < -0.4 is 4.90 Å². The molecule has 3 heterocycles. The van der Waals surface area contributed by atoms with Crippen LogP contribution in [-0.4, -0.2) is 47.6 Å². The van der Waals surface area contributed by atoms with E-state index in [4.69, 9.17) is 9.72 Å². The smallest absolute Gasteiger partial charge is 0.147 e. The van der Waals surface area contributed by atoms with Crippen LogP contribution in [0.2, 0.25) is 0 Å². The van der Waals surface area contributed by atoms with Crippen molar-refractivity contribution in [2.75, 3.05) is 31.2 Å². The molecule has 0 bridgehead atoms. The SMILES string of the molecule is C=N/C=C\c1nc(-c2ccc(N3CCOCC3)nc2)n(-c2ccccc2F)c1C. The van der Waals surface area contributed by atoms with Gasteiger partial charge in [-0.05, 0) is 44.0 Å². The van der Waals surface area contributed by atoms with Gasteiger partial charge < -0.3 is 9.64 Å². The van der Waals surface area contributed by atoms with Crippen molar-refractivity contribution in [1.29, 1.82) is 0 Å². The molecule has 1 fully saturated rings. The Balaban J connectivity index is 1.79. The van der Waals surface area contributed by atoms with E-state index in [0.29, 0.717) is 30.4 Å². The molecule has 1 aliphatic heterocycles. The lowest BCUT2D eigenvalue weighted by Gasteiger charge is -2.27. The molecule has 0 spiro atoms. The lowest BCUT2D eigenvalue weighted by molar-refractivity contribution is 0.122. The highest BCUT2D eigenvalue weighted by Gasteiger charge is 2.19. The fourth-order valence-electron chi connectivity index (χ4n) is 3.42. The largest absolute Gasteiger partial charge is 0.378 e. The van der Waals surface area contributed by atoms with Gasteiger partial charge in [0.05, 0.1) is 24.6 Å². The van der Waals surface area contributed by atoms with Crippen LogP contribution in [0.4, 0.5) is 10.2 Å². The van der Waals surface area contributed by atoms with Gasteiger partial charge >= 0.3 is 0 Å². The third-order valence-corrected chi connectivity index (χ3v) is 4.92. The maximum Gasteiger partial charge on any atom is 0.147 e. The Morgan fingerprint density at radius 3 is 2.66 bits per heavy atom. The fourth-order valence-corrected chi connectivity index (χ4v) is 3.42. The fraction of sp³-hybridized carbons (Fsp3) is 0.227. The molecule has 0 amide bonds. The molecule has 2 aromatic heterocycles. The molecule has 1 aliphatic rings. The van der Waals surface area contributed by atoms with E-state index in [-0.39, 0.29) is 5.82 Å². The first-order chi connectivity index (χ1) is 14.2. The first-order valence-electron chi connectivity index (χ1n) is 9.45. The highest BCUT2D eigenvalue weighted by atomic mass is 19.1. The van der Waals surface area contributed by atoms with Gasteiger partial charge in [-0.2, -0.15) is 0 Å². The van der Waals surface area contributed by atoms with Gasteiger partial charge in [-0.1, -0.05) is 12.1 Å². The van der Waals surface area contributed by atoms with Crippen molar-refractivity contribution >= 4 is 18.6 Å². The van der Waals surface area contributed by atoms with Gasteiger partial charge in [0.2, 0.25) is 0 Å². The number of morpholine rings is 1. The molecule has 0 N–H and O–H groups in total. The average molecular weight is 391 g/mol. The molecule has 0 aliphatic carbocycles. The number of ether oxygens (including phenoxy) is 1. The maximum atomic E-state index is 14.6. The Morgan fingerprint density at radius 2 is 1.97 bits per heavy atom. The molecule has 0 saturated carbocycles. The first-order valence-corrected chi connectivity index (χ1v) is 9.45. The van der Waals surface area contributed by atoms with E-state index < -0.39 is 0 Å². The highest BCUT2D eigenvalue weighted by molar-refractivity contribution is 5.65. The summed E-state index contributed by atoms with van der Waals surface area (Å²) < 4.78 is 21.8. The Labute approximate surface area is 169 Å². The number of halogens is 1. The van der Waals surface area contributed by atoms with Crippen LogP contribution in [0, 0.1) is 12.7 Å². The second-order valence-corrected chi connectivity index (χ2v) is 6.70. The van der Waals surface area contributed by atoms with Gasteiger partial charge in [-0.15, -0.1) is 0 Å². The molecular weight excluding hydrogens is 369 g/mol. The lowest BCUT2D eigenvalue weighted by atomic mass is 10.2. The minimum atomic E-state index is -0.315. The van der Waals surface area contributed by atoms with E-state index >= 15 is 0 Å². The van der Waals surface area contributed by atoms with Gasteiger partial charge in [0.1, 0.15) is 17.5 Å². The number of hydrogen-bond acceptors (Lipinski definition) is 5. The second kappa shape index (κ2) is 8.36. The quantitative estimate of drug-likeness (QED) is 0.619. The molecule has 3 aromatic rings. The summed E-state index contributed by atoms with van der Waals surface area (Å²) in [6.45, 7) is 8.41. The van der Waals surface area contributed by atoms with Crippen molar-refractivity contribution in [3.05, 3.63) is 66.0 Å². The summed E-state index contributed by atoms with van der Waals surface area (Å²) in [6, 6.07) is 10.6. The van der Waals surface area contributed by atoms with Gasteiger partial charge in [-0.3, -0.25) is 9.56 Å². The predicted octanol–water partition coefficient (Wildman–Crippen LogP) is 3.89. The zero-order valence-corrected chi connectivity index (χ0v) is 16.3. The molecule has 6 nitrogen and oxygen atoms in total. The Bertz CT molecular complexity index is 1040. The average Bonchev–Trinajstić information content (AvgIpc) is 3.09. The minimum absolute atomic E-state index is 0.315. The van der Waals surface area contributed by atoms with Crippen LogP contribution in [-0.2, 0) is 4.74 Å². The van der Waals surface area contributed by atoms with E-state index in [1.54, 1.807) is 30.6 Å². The number of benzene rings is 1. The second-order valence-electron chi connectivity index (χ2n) is 6.70. The normalized spacial score (nSPS) is 14.5. The van der Waals surface area contributed by atoms with Crippen molar-refractivity contribution in [3.63, 3.8) is 0 Å². The third-order valence-electron chi connectivity index (χ3n) is 4.92. The molecule has 148 valence electrons. The third kappa shape index (κ3) is 3.82. The van der Waals surface area contributed by atoms with Crippen LogP contribution in [0.1, 0.15) is 11.4 Å². The number of anilines is 1. The lowest BCUT2D eigenvalue weighted by Crippen LogP contribution is -2.36.